The zero-order valence-electron chi connectivity index (χ0n) is 17.6. The van der Waals surface area contributed by atoms with Crippen molar-refractivity contribution in [2.75, 3.05) is 18.8 Å². The van der Waals surface area contributed by atoms with Crippen molar-refractivity contribution in [2.24, 2.45) is 16.8 Å². The Morgan fingerprint density at radius 1 is 1.42 bits per heavy atom. The molecule has 0 aromatic heterocycles. The maximum absolute atomic E-state index is 14.5. The van der Waals surface area contributed by atoms with E-state index >= 15 is 0 Å². The van der Waals surface area contributed by atoms with Crippen LogP contribution in [0.1, 0.15) is 32.3 Å². The second-order valence-corrected chi connectivity index (χ2v) is 9.28. The SMILES string of the molecule is CC(=O)N1N=C(c2cc(F)ccc2F)CSC12C1=C(CC(C)=CC=C1)NCC2CCN. The van der Waals surface area contributed by atoms with Gasteiger partial charge in [-0.05, 0) is 38.1 Å². The standard InChI is InChI=1S/C23H26F2N4OS/c1-14-4-3-5-19-21(10-14)27-12-16(8-9-26)23(19)29(15(2)30)28-22(13-31-23)18-11-17(24)6-7-20(18)25/h3-7,11,16,27H,8-10,12-13,26H2,1-2H3. The molecule has 3 N–H and O–H groups in total. The summed E-state index contributed by atoms with van der Waals surface area (Å²) in [5, 5.41) is 9.64. The first-order valence-electron chi connectivity index (χ1n) is 10.4. The van der Waals surface area contributed by atoms with Gasteiger partial charge in [0.1, 0.15) is 16.5 Å². The molecule has 0 saturated heterocycles. The lowest BCUT2D eigenvalue weighted by molar-refractivity contribution is -0.132. The number of carbonyl (C=O) groups is 1. The molecule has 2 heterocycles. The quantitative estimate of drug-likeness (QED) is 0.746. The largest absolute Gasteiger partial charge is 0.387 e. The third-order valence-electron chi connectivity index (χ3n) is 5.94. The van der Waals surface area contributed by atoms with Crippen molar-refractivity contribution in [3.8, 4) is 0 Å². The first kappa shape index (κ1) is 21.8. The highest BCUT2D eigenvalue weighted by Gasteiger charge is 2.53. The van der Waals surface area contributed by atoms with Crippen LogP contribution in [-0.2, 0) is 4.79 Å². The first-order valence-corrected chi connectivity index (χ1v) is 11.3. The third kappa shape index (κ3) is 3.83. The fourth-order valence-electron chi connectivity index (χ4n) is 4.54. The molecule has 2 unspecified atom stereocenters. The number of nitrogens with zero attached hydrogens (tertiary/aromatic N) is 2. The maximum Gasteiger partial charge on any atom is 0.241 e. The van der Waals surface area contributed by atoms with Crippen LogP contribution >= 0.6 is 11.8 Å². The van der Waals surface area contributed by atoms with Crippen molar-refractivity contribution in [1.82, 2.24) is 10.3 Å². The van der Waals surface area contributed by atoms with Crippen LogP contribution in [0.15, 0.2) is 58.4 Å². The summed E-state index contributed by atoms with van der Waals surface area (Å²) in [5.74, 6) is -0.990. The van der Waals surface area contributed by atoms with Gasteiger partial charge in [0, 0.05) is 48.4 Å². The van der Waals surface area contributed by atoms with Crippen molar-refractivity contribution in [2.45, 2.75) is 31.6 Å². The second-order valence-electron chi connectivity index (χ2n) is 8.08. The molecule has 1 aromatic rings. The van der Waals surface area contributed by atoms with Gasteiger partial charge in [-0.2, -0.15) is 5.10 Å². The molecule has 0 saturated carbocycles. The maximum atomic E-state index is 14.5. The Balaban J connectivity index is 1.88. The molecule has 31 heavy (non-hydrogen) atoms. The summed E-state index contributed by atoms with van der Waals surface area (Å²) >= 11 is 1.54. The van der Waals surface area contributed by atoms with Crippen molar-refractivity contribution in [3.05, 3.63) is 70.5 Å². The minimum Gasteiger partial charge on any atom is -0.387 e. The van der Waals surface area contributed by atoms with E-state index in [1.54, 1.807) is 11.8 Å². The number of allylic oxidation sites excluding steroid dienone is 3. The lowest BCUT2D eigenvalue weighted by Gasteiger charge is -2.51. The summed E-state index contributed by atoms with van der Waals surface area (Å²) in [7, 11) is 0. The van der Waals surface area contributed by atoms with Gasteiger partial charge >= 0.3 is 0 Å². The second kappa shape index (κ2) is 8.59. The van der Waals surface area contributed by atoms with Crippen LogP contribution < -0.4 is 11.1 Å². The molecule has 2 aliphatic heterocycles. The van der Waals surface area contributed by atoms with Crippen LogP contribution in [-0.4, -0.2) is 40.3 Å². The average Bonchev–Trinajstić information content (AvgIpc) is 2.93. The first-order chi connectivity index (χ1) is 14.9. The molecule has 0 radical (unpaired) electrons. The molecule has 5 nitrogen and oxygen atoms in total. The minimum absolute atomic E-state index is 0.0101. The summed E-state index contributed by atoms with van der Waals surface area (Å²) in [6.07, 6.45) is 7.54. The fourth-order valence-corrected chi connectivity index (χ4v) is 6.18. The summed E-state index contributed by atoms with van der Waals surface area (Å²) in [5.41, 5.74) is 9.63. The van der Waals surface area contributed by atoms with Crippen molar-refractivity contribution in [1.29, 1.82) is 0 Å². The number of nitrogens with two attached hydrogens (primary N) is 1. The molecule has 1 spiro atoms. The molecule has 0 bridgehead atoms. The molecule has 164 valence electrons. The van der Waals surface area contributed by atoms with E-state index in [0.717, 1.165) is 35.9 Å². The fraction of sp³-hybridized carbons (Fsp3) is 0.391. The van der Waals surface area contributed by atoms with Gasteiger partial charge in [0.2, 0.25) is 5.91 Å². The van der Waals surface area contributed by atoms with E-state index in [1.165, 1.54) is 17.5 Å². The predicted octanol–water partition coefficient (Wildman–Crippen LogP) is 3.69. The molecule has 2 atom stereocenters. The molecular formula is C23H26F2N4OS. The van der Waals surface area contributed by atoms with Crippen LogP contribution in [0.2, 0.25) is 0 Å². The van der Waals surface area contributed by atoms with Gasteiger partial charge in [0.05, 0.1) is 5.71 Å². The van der Waals surface area contributed by atoms with Gasteiger partial charge < -0.3 is 11.1 Å². The third-order valence-corrected chi connectivity index (χ3v) is 7.53. The Bertz CT molecular complexity index is 1030. The zero-order valence-corrected chi connectivity index (χ0v) is 18.4. The molecular weight excluding hydrogens is 418 g/mol. The molecule has 4 rings (SSSR count). The number of carbonyl (C=O) groups excluding carboxylic acids is 1. The van der Waals surface area contributed by atoms with E-state index in [9.17, 15) is 13.6 Å². The Morgan fingerprint density at radius 3 is 2.97 bits per heavy atom. The summed E-state index contributed by atoms with van der Waals surface area (Å²) in [4.78, 5) is 12.1. The summed E-state index contributed by atoms with van der Waals surface area (Å²) in [6.45, 7) is 4.66. The number of hydrogen-bond donors (Lipinski definition) is 2. The Hall–Kier alpha value is -2.45. The molecule has 1 amide bonds. The van der Waals surface area contributed by atoms with Gasteiger partial charge in [-0.15, -0.1) is 11.8 Å². The number of hydrogen-bond acceptors (Lipinski definition) is 5. The number of halogens is 2. The van der Waals surface area contributed by atoms with E-state index in [2.05, 4.69) is 23.4 Å². The minimum atomic E-state index is -0.756. The number of fused-ring (bicyclic) bond motifs is 1. The Morgan fingerprint density at radius 2 is 2.23 bits per heavy atom. The zero-order chi connectivity index (χ0) is 22.2. The van der Waals surface area contributed by atoms with E-state index in [0.29, 0.717) is 31.0 Å². The van der Waals surface area contributed by atoms with Crippen LogP contribution in [0.3, 0.4) is 0 Å². The van der Waals surface area contributed by atoms with Crippen LogP contribution in [0, 0.1) is 17.6 Å². The van der Waals surface area contributed by atoms with Crippen LogP contribution in [0.25, 0.3) is 0 Å². The molecule has 8 heteroatoms. The number of rotatable bonds is 3. The normalized spacial score (nSPS) is 25.6. The van der Waals surface area contributed by atoms with Gasteiger partial charge in [-0.3, -0.25) is 4.79 Å². The Kier molecular flexibility index (Phi) is 6.03. The Labute approximate surface area is 185 Å². The molecule has 1 aliphatic carbocycles. The van der Waals surface area contributed by atoms with Gasteiger partial charge in [0.15, 0.2) is 0 Å². The number of hydrazone groups is 1. The average molecular weight is 445 g/mol. The van der Waals surface area contributed by atoms with E-state index in [1.807, 2.05) is 12.2 Å². The summed E-state index contributed by atoms with van der Waals surface area (Å²) in [6, 6.07) is 3.30. The number of nitrogens with one attached hydrogen (secondary N) is 1. The summed E-state index contributed by atoms with van der Waals surface area (Å²) < 4.78 is 28.3. The topological polar surface area (TPSA) is 70.7 Å². The molecule has 1 aromatic carbocycles. The highest BCUT2D eigenvalue weighted by Crippen LogP contribution is 2.51. The van der Waals surface area contributed by atoms with Crippen LogP contribution in [0.4, 0.5) is 8.78 Å². The smallest absolute Gasteiger partial charge is 0.241 e. The van der Waals surface area contributed by atoms with E-state index < -0.39 is 16.5 Å². The molecule has 3 aliphatic rings. The number of benzene rings is 1. The number of amides is 1. The lowest BCUT2D eigenvalue weighted by Crippen LogP contribution is -2.60. The highest BCUT2D eigenvalue weighted by molar-refractivity contribution is 8.01. The van der Waals surface area contributed by atoms with Crippen molar-refractivity contribution >= 4 is 23.4 Å². The van der Waals surface area contributed by atoms with E-state index in [-0.39, 0.29) is 17.4 Å². The van der Waals surface area contributed by atoms with Crippen LogP contribution in [0.5, 0.6) is 0 Å². The lowest BCUT2D eigenvalue weighted by atomic mass is 9.83. The predicted molar refractivity (Wildman–Crippen MR) is 120 cm³/mol. The van der Waals surface area contributed by atoms with Crippen molar-refractivity contribution in [3.63, 3.8) is 0 Å². The van der Waals surface area contributed by atoms with Crippen molar-refractivity contribution < 1.29 is 13.6 Å². The molecule has 0 fully saturated rings. The van der Waals surface area contributed by atoms with E-state index in [4.69, 9.17) is 5.73 Å². The van der Waals surface area contributed by atoms with Gasteiger partial charge in [-0.25, -0.2) is 13.8 Å². The van der Waals surface area contributed by atoms with Gasteiger partial charge in [0.25, 0.3) is 0 Å². The monoisotopic (exact) mass is 444 g/mol. The highest BCUT2D eigenvalue weighted by atomic mass is 32.2. The number of thioether (sulfide) groups is 1. The van der Waals surface area contributed by atoms with Gasteiger partial charge in [-0.1, -0.05) is 23.8 Å².